The molecule has 0 radical (unpaired) electrons. The van der Waals surface area contributed by atoms with Gasteiger partial charge in [-0.3, -0.25) is 5.10 Å². The van der Waals surface area contributed by atoms with Crippen LogP contribution in [0.15, 0.2) is 24.5 Å². The molecular formula is C12H11Cl2N3O. The minimum absolute atomic E-state index is 0.127. The molecule has 94 valence electrons. The van der Waals surface area contributed by atoms with E-state index in [4.69, 9.17) is 27.9 Å². The van der Waals surface area contributed by atoms with E-state index in [0.29, 0.717) is 22.4 Å². The van der Waals surface area contributed by atoms with Gasteiger partial charge in [-0.05, 0) is 12.1 Å². The van der Waals surface area contributed by atoms with Gasteiger partial charge in [0.1, 0.15) is 5.75 Å². The van der Waals surface area contributed by atoms with Crippen molar-refractivity contribution < 1.29 is 4.74 Å². The second kappa shape index (κ2) is 4.71. The van der Waals surface area contributed by atoms with Crippen LogP contribution in [0.4, 0.5) is 5.69 Å². The number of rotatable bonds is 2. The number of aromatic amines is 1. The number of hydrogen-bond acceptors (Lipinski definition) is 3. The average molecular weight is 284 g/mol. The van der Waals surface area contributed by atoms with Crippen LogP contribution in [0.1, 0.15) is 18.0 Å². The Labute approximate surface area is 114 Å². The number of fused-ring (bicyclic) bond motifs is 1. The third-order valence-corrected chi connectivity index (χ3v) is 3.40. The highest BCUT2D eigenvalue weighted by Crippen LogP contribution is 2.41. The molecule has 0 fully saturated rings. The van der Waals surface area contributed by atoms with Crippen molar-refractivity contribution in [2.45, 2.75) is 12.5 Å². The Morgan fingerprint density at radius 1 is 1.39 bits per heavy atom. The van der Waals surface area contributed by atoms with Crippen molar-refractivity contribution in [1.82, 2.24) is 10.2 Å². The van der Waals surface area contributed by atoms with E-state index < -0.39 is 0 Å². The number of H-pyrrole nitrogens is 1. The molecule has 1 aromatic carbocycles. The standard InChI is InChI=1S/C12H11Cl2N3O/c13-7-3-9-11(17-8-5-15-16-6-8)1-2-18-12(9)10(14)4-7/h3-6,11,17H,1-2H2,(H,15,16). The third kappa shape index (κ3) is 2.13. The van der Waals surface area contributed by atoms with Crippen LogP contribution in [-0.4, -0.2) is 16.8 Å². The average Bonchev–Trinajstić information content (AvgIpc) is 2.83. The Kier molecular flexibility index (Phi) is 3.06. The predicted octanol–water partition coefficient (Wildman–Crippen LogP) is 3.65. The van der Waals surface area contributed by atoms with Gasteiger partial charge >= 0.3 is 0 Å². The first-order valence-electron chi connectivity index (χ1n) is 5.61. The van der Waals surface area contributed by atoms with Crippen molar-refractivity contribution in [3.8, 4) is 5.75 Å². The molecule has 2 N–H and O–H groups in total. The zero-order valence-electron chi connectivity index (χ0n) is 9.41. The quantitative estimate of drug-likeness (QED) is 0.885. The Morgan fingerprint density at radius 2 is 2.28 bits per heavy atom. The first kappa shape index (κ1) is 11.7. The van der Waals surface area contributed by atoms with Crippen LogP contribution < -0.4 is 10.1 Å². The summed E-state index contributed by atoms with van der Waals surface area (Å²) in [5, 5.41) is 11.2. The molecule has 0 aliphatic carbocycles. The lowest BCUT2D eigenvalue weighted by Gasteiger charge is -2.27. The van der Waals surface area contributed by atoms with Crippen LogP contribution in [-0.2, 0) is 0 Å². The molecule has 2 aromatic rings. The first-order valence-corrected chi connectivity index (χ1v) is 6.36. The van der Waals surface area contributed by atoms with E-state index in [1.165, 1.54) is 0 Å². The summed E-state index contributed by atoms with van der Waals surface area (Å²) in [4.78, 5) is 0. The summed E-state index contributed by atoms with van der Waals surface area (Å²) in [7, 11) is 0. The van der Waals surface area contributed by atoms with Crippen LogP contribution in [0.3, 0.4) is 0 Å². The van der Waals surface area contributed by atoms with Gasteiger partial charge in [-0.15, -0.1) is 0 Å². The molecule has 1 aliphatic heterocycles. The lowest BCUT2D eigenvalue weighted by molar-refractivity contribution is 0.274. The molecule has 4 nitrogen and oxygen atoms in total. The van der Waals surface area contributed by atoms with Crippen molar-refractivity contribution in [3.63, 3.8) is 0 Å². The Morgan fingerprint density at radius 3 is 3.06 bits per heavy atom. The highest BCUT2D eigenvalue weighted by molar-refractivity contribution is 6.35. The van der Waals surface area contributed by atoms with Gasteiger partial charge in [-0.2, -0.15) is 5.10 Å². The zero-order chi connectivity index (χ0) is 12.5. The normalized spacial score (nSPS) is 18.0. The Bertz CT molecular complexity index is 557. The van der Waals surface area contributed by atoms with Gasteiger partial charge in [0.05, 0.1) is 29.6 Å². The number of halogens is 2. The Balaban J connectivity index is 1.96. The molecule has 1 unspecified atom stereocenters. The smallest absolute Gasteiger partial charge is 0.143 e. The van der Waals surface area contributed by atoms with Gasteiger partial charge in [-0.25, -0.2) is 0 Å². The van der Waals surface area contributed by atoms with E-state index >= 15 is 0 Å². The van der Waals surface area contributed by atoms with E-state index in [0.717, 1.165) is 17.7 Å². The number of ether oxygens (including phenoxy) is 1. The van der Waals surface area contributed by atoms with Gasteiger partial charge in [0.25, 0.3) is 0 Å². The van der Waals surface area contributed by atoms with Gasteiger partial charge in [-0.1, -0.05) is 23.2 Å². The first-order chi connectivity index (χ1) is 8.74. The predicted molar refractivity (Wildman–Crippen MR) is 71.5 cm³/mol. The molecule has 18 heavy (non-hydrogen) atoms. The van der Waals surface area contributed by atoms with Crippen LogP contribution in [0.5, 0.6) is 5.75 Å². The molecule has 1 atom stereocenters. The van der Waals surface area contributed by atoms with E-state index in [1.54, 1.807) is 18.5 Å². The molecule has 0 spiro atoms. The van der Waals surface area contributed by atoms with E-state index in [1.807, 2.05) is 6.07 Å². The Hall–Kier alpha value is -1.39. The van der Waals surface area contributed by atoms with Gasteiger partial charge in [0, 0.05) is 23.2 Å². The maximum atomic E-state index is 6.14. The molecular weight excluding hydrogens is 273 g/mol. The topological polar surface area (TPSA) is 49.9 Å². The second-order valence-electron chi connectivity index (χ2n) is 4.13. The van der Waals surface area contributed by atoms with Crippen LogP contribution in [0.25, 0.3) is 0 Å². The van der Waals surface area contributed by atoms with Gasteiger partial charge in [0.2, 0.25) is 0 Å². The van der Waals surface area contributed by atoms with Crippen molar-refractivity contribution in [2.24, 2.45) is 0 Å². The second-order valence-corrected chi connectivity index (χ2v) is 4.97. The summed E-state index contributed by atoms with van der Waals surface area (Å²) in [6, 6.07) is 3.71. The molecule has 3 rings (SSSR count). The van der Waals surface area contributed by atoms with Gasteiger partial charge in [0.15, 0.2) is 0 Å². The number of nitrogens with one attached hydrogen (secondary N) is 2. The van der Waals surface area contributed by atoms with Crippen molar-refractivity contribution in [3.05, 3.63) is 40.1 Å². The molecule has 1 aromatic heterocycles. The van der Waals surface area contributed by atoms with Gasteiger partial charge < -0.3 is 10.1 Å². The molecule has 0 amide bonds. The molecule has 2 heterocycles. The largest absolute Gasteiger partial charge is 0.492 e. The number of benzene rings is 1. The summed E-state index contributed by atoms with van der Waals surface area (Å²) in [5.74, 6) is 0.716. The van der Waals surface area contributed by atoms with Crippen LogP contribution >= 0.6 is 23.2 Å². The fraction of sp³-hybridized carbons (Fsp3) is 0.250. The highest BCUT2D eigenvalue weighted by Gasteiger charge is 2.24. The number of nitrogens with zero attached hydrogens (tertiary/aromatic N) is 1. The van der Waals surface area contributed by atoms with Crippen molar-refractivity contribution >= 4 is 28.9 Å². The summed E-state index contributed by atoms with van der Waals surface area (Å²) < 4.78 is 5.60. The van der Waals surface area contributed by atoms with E-state index in [2.05, 4.69) is 15.5 Å². The highest BCUT2D eigenvalue weighted by atomic mass is 35.5. The van der Waals surface area contributed by atoms with Crippen LogP contribution in [0.2, 0.25) is 10.0 Å². The maximum absolute atomic E-state index is 6.14. The molecule has 1 aliphatic rings. The molecule has 0 saturated heterocycles. The fourth-order valence-electron chi connectivity index (χ4n) is 2.11. The monoisotopic (exact) mass is 283 g/mol. The lowest BCUT2D eigenvalue weighted by Crippen LogP contribution is -2.20. The zero-order valence-corrected chi connectivity index (χ0v) is 10.9. The van der Waals surface area contributed by atoms with E-state index in [-0.39, 0.29) is 6.04 Å². The molecule has 6 heteroatoms. The minimum atomic E-state index is 0.127. The van der Waals surface area contributed by atoms with Crippen molar-refractivity contribution in [2.75, 3.05) is 11.9 Å². The number of aromatic nitrogens is 2. The summed E-state index contributed by atoms with van der Waals surface area (Å²) in [6.45, 7) is 0.629. The SMILES string of the molecule is Clc1cc(Cl)c2c(c1)C(Nc1cn[nH]c1)CCO2. The molecule has 0 saturated carbocycles. The van der Waals surface area contributed by atoms with Crippen LogP contribution in [0, 0.1) is 0 Å². The number of hydrogen-bond donors (Lipinski definition) is 2. The summed E-state index contributed by atoms with van der Waals surface area (Å²) in [5.41, 5.74) is 1.92. The summed E-state index contributed by atoms with van der Waals surface area (Å²) >= 11 is 12.2. The lowest BCUT2D eigenvalue weighted by atomic mass is 10.0. The third-order valence-electron chi connectivity index (χ3n) is 2.90. The van der Waals surface area contributed by atoms with Crippen molar-refractivity contribution in [1.29, 1.82) is 0 Å². The fourth-order valence-corrected chi connectivity index (χ4v) is 2.67. The maximum Gasteiger partial charge on any atom is 0.143 e. The number of anilines is 1. The summed E-state index contributed by atoms with van der Waals surface area (Å²) in [6.07, 6.45) is 4.40. The van der Waals surface area contributed by atoms with E-state index in [9.17, 15) is 0 Å². The molecule has 0 bridgehead atoms. The minimum Gasteiger partial charge on any atom is -0.492 e.